The number of carbonyl (C=O) groups is 1. The van der Waals surface area contributed by atoms with Crippen LogP contribution in [0.3, 0.4) is 0 Å². The Bertz CT molecular complexity index is 356. The summed E-state index contributed by atoms with van der Waals surface area (Å²) in [5.74, 6) is -0.0124. The molecular formula is C12H16N2O. The average Bonchev–Trinajstić information content (AvgIpc) is 2.70. The Hall–Kier alpha value is -1.51. The summed E-state index contributed by atoms with van der Waals surface area (Å²) in [7, 11) is 0. The summed E-state index contributed by atoms with van der Waals surface area (Å²) < 4.78 is 0. The Morgan fingerprint density at radius 1 is 1.27 bits per heavy atom. The molecule has 0 aliphatic carbocycles. The number of nitrogens with zero attached hydrogens (tertiary/aromatic N) is 1. The molecule has 1 aliphatic rings. The Balaban J connectivity index is 2.24. The molecule has 0 unspecified atom stereocenters. The molecule has 1 saturated heterocycles. The van der Waals surface area contributed by atoms with E-state index in [1.54, 1.807) is 6.92 Å². The van der Waals surface area contributed by atoms with E-state index in [1.165, 1.54) is 12.8 Å². The maximum absolute atomic E-state index is 11.1. The average molecular weight is 204 g/mol. The SMILES string of the molecule is CC(=O)Nc1ccccc1N1CCCC1. The number of hydrogen-bond acceptors (Lipinski definition) is 2. The summed E-state index contributed by atoms with van der Waals surface area (Å²) in [4.78, 5) is 13.4. The first-order valence-corrected chi connectivity index (χ1v) is 5.39. The predicted molar refractivity (Wildman–Crippen MR) is 62.2 cm³/mol. The van der Waals surface area contributed by atoms with Crippen LogP contribution in [-0.2, 0) is 4.79 Å². The van der Waals surface area contributed by atoms with E-state index >= 15 is 0 Å². The smallest absolute Gasteiger partial charge is 0.221 e. The van der Waals surface area contributed by atoms with Gasteiger partial charge in [0.1, 0.15) is 0 Å². The lowest BCUT2D eigenvalue weighted by Gasteiger charge is -2.21. The van der Waals surface area contributed by atoms with Crippen LogP contribution in [0.1, 0.15) is 19.8 Å². The molecule has 3 heteroatoms. The third-order valence-electron chi connectivity index (χ3n) is 2.66. The zero-order valence-electron chi connectivity index (χ0n) is 8.99. The van der Waals surface area contributed by atoms with Crippen LogP contribution >= 0.6 is 0 Å². The maximum Gasteiger partial charge on any atom is 0.221 e. The largest absolute Gasteiger partial charge is 0.370 e. The summed E-state index contributed by atoms with van der Waals surface area (Å²) in [6, 6.07) is 7.98. The van der Waals surface area contributed by atoms with E-state index in [2.05, 4.69) is 16.3 Å². The number of benzene rings is 1. The van der Waals surface area contributed by atoms with E-state index < -0.39 is 0 Å². The van der Waals surface area contributed by atoms with E-state index in [0.29, 0.717) is 0 Å². The number of anilines is 2. The lowest BCUT2D eigenvalue weighted by atomic mass is 10.2. The number of hydrogen-bond donors (Lipinski definition) is 1. The molecule has 0 saturated carbocycles. The van der Waals surface area contributed by atoms with Crippen molar-refractivity contribution in [1.29, 1.82) is 0 Å². The van der Waals surface area contributed by atoms with Crippen molar-refractivity contribution < 1.29 is 4.79 Å². The first kappa shape index (κ1) is 10.0. The fraction of sp³-hybridized carbons (Fsp3) is 0.417. The van der Waals surface area contributed by atoms with E-state index in [1.807, 2.05) is 18.2 Å². The molecule has 1 N–H and O–H groups in total. The van der Waals surface area contributed by atoms with Crippen molar-refractivity contribution in [2.45, 2.75) is 19.8 Å². The molecule has 0 aromatic heterocycles. The summed E-state index contributed by atoms with van der Waals surface area (Å²) in [5.41, 5.74) is 2.07. The molecular weight excluding hydrogens is 188 g/mol. The minimum atomic E-state index is -0.0124. The minimum Gasteiger partial charge on any atom is -0.370 e. The number of rotatable bonds is 2. The van der Waals surface area contributed by atoms with Crippen molar-refractivity contribution in [2.75, 3.05) is 23.3 Å². The Kier molecular flexibility index (Phi) is 2.90. The number of carbonyl (C=O) groups excluding carboxylic acids is 1. The van der Waals surface area contributed by atoms with Gasteiger partial charge < -0.3 is 10.2 Å². The van der Waals surface area contributed by atoms with E-state index in [9.17, 15) is 4.79 Å². The van der Waals surface area contributed by atoms with Crippen molar-refractivity contribution in [3.8, 4) is 0 Å². The summed E-state index contributed by atoms with van der Waals surface area (Å²) in [5, 5.41) is 2.87. The fourth-order valence-corrected chi connectivity index (χ4v) is 2.00. The topological polar surface area (TPSA) is 32.3 Å². The molecule has 2 rings (SSSR count). The predicted octanol–water partition coefficient (Wildman–Crippen LogP) is 2.25. The van der Waals surface area contributed by atoms with E-state index in [0.717, 1.165) is 24.5 Å². The van der Waals surface area contributed by atoms with Gasteiger partial charge in [0.15, 0.2) is 0 Å². The van der Waals surface area contributed by atoms with Crippen LogP contribution in [0, 0.1) is 0 Å². The highest BCUT2D eigenvalue weighted by Gasteiger charge is 2.15. The standard InChI is InChI=1S/C12H16N2O/c1-10(15)13-11-6-2-3-7-12(11)14-8-4-5-9-14/h2-3,6-7H,4-5,8-9H2,1H3,(H,13,15). The Morgan fingerprint density at radius 2 is 1.93 bits per heavy atom. The summed E-state index contributed by atoms with van der Waals surface area (Å²) in [6.07, 6.45) is 2.49. The molecule has 1 aromatic rings. The van der Waals surface area contributed by atoms with Gasteiger partial charge >= 0.3 is 0 Å². The van der Waals surface area contributed by atoms with Gasteiger partial charge in [-0.05, 0) is 25.0 Å². The van der Waals surface area contributed by atoms with Crippen LogP contribution in [0.15, 0.2) is 24.3 Å². The third-order valence-corrected chi connectivity index (χ3v) is 2.66. The molecule has 1 aromatic carbocycles. The number of amides is 1. The lowest BCUT2D eigenvalue weighted by Crippen LogP contribution is -2.20. The number of para-hydroxylation sites is 2. The maximum atomic E-state index is 11.1. The van der Waals surface area contributed by atoms with Crippen LogP contribution in [0.4, 0.5) is 11.4 Å². The molecule has 0 radical (unpaired) electrons. The molecule has 80 valence electrons. The monoisotopic (exact) mass is 204 g/mol. The highest BCUT2D eigenvalue weighted by molar-refractivity contribution is 5.92. The van der Waals surface area contributed by atoms with Crippen molar-refractivity contribution in [3.63, 3.8) is 0 Å². The highest BCUT2D eigenvalue weighted by Crippen LogP contribution is 2.28. The van der Waals surface area contributed by atoms with Gasteiger partial charge in [0, 0.05) is 20.0 Å². The van der Waals surface area contributed by atoms with Gasteiger partial charge in [-0.25, -0.2) is 0 Å². The minimum absolute atomic E-state index is 0.0124. The van der Waals surface area contributed by atoms with Crippen molar-refractivity contribution in [3.05, 3.63) is 24.3 Å². The Labute approximate surface area is 90.1 Å². The molecule has 1 amide bonds. The summed E-state index contributed by atoms with van der Waals surface area (Å²) in [6.45, 7) is 3.73. The van der Waals surface area contributed by atoms with Crippen molar-refractivity contribution in [1.82, 2.24) is 0 Å². The van der Waals surface area contributed by atoms with Crippen molar-refractivity contribution >= 4 is 17.3 Å². The first-order chi connectivity index (χ1) is 7.27. The molecule has 1 aliphatic heterocycles. The second-order valence-electron chi connectivity index (χ2n) is 3.89. The van der Waals surface area contributed by atoms with Gasteiger partial charge in [0.05, 0.1) is 11.4 Å². The molecule has 0 atom stereocenters. The van der Waals surface area contributed by atoms with Crippen molar-refractivity contribution in [2.24, 2.45) is 0 Å². The molecule has 1 heterocycles. The van der Waals surface area contributed by atoms with E-state index in [4.69, 9.17) is 0 Å². The van der Waals surface area contributed by atoms with Gasteiger partial charge in [0.25, 0.3) is 0 Å². The van der Waals surface area contributed by atoms with Gasteiger partial charge in [-0.2, -0.15) is 0 Å². The van der Waals surface area contributed by atoms with Crippen LogP contribution < -0.4 is 10.2 Å². The lowest BCUT2D eigenvalue weighted by molar-refractivity contribution is -0.114. The molecule has 0 spiro atoms. The second kappa shape index (κ2) is 4.34. The fourth-order valence-electron chi connectivity index (χ4n) is 2.00. The number of nitrogens with one attached hydrogen (secondary N) is 1. The molecule has 15 heavy (non-hydrogen) atoms. The van der Waals surface area contributed by atoms with Crippen LogP contribution in [0.2, 0.25) is 0 Å². The third kappa shape index (κ3) is 2.29. The highest BCUT2D eigenvalue weighted by atomic mass is 16.1. The molecule has 3 nitrogen and oxygen atoms in total. The van der Waals surface area contributed by atoms with Gasteiger partial charge in [-0.15, -0.1) is 0 Å². The normalized spacial score (nSPS) is 15.4. The van der Waals surface area contributed by atoms with Crippen LogP contribution in [0.25, 0.3) is 0 Å². The zero-order chi connectivity index (χ0) is 10.7. The quantitative estimate of drug-likeness (QED) is 0.801. The zero-order valence-corrected chi connectivity index (χ0v) is 8.99. The summed E-state index contributed by atoms with van der Waals surface area (Å²) >= 11 is 0. The van der Waals surface area contributed by atoms with Crippen LogP contribution in [0.5, 0.6) is 0 Å². The van der Waals surface area contributed by atoms with Gasteiger partial charge in [-0.1, -0.05) is 12.1 Å². The molecule has 0 bridgehead atoms. The van der Waals surface area contributed by atoms with Gasteiger partial charge in [0.2, 0.25) is 5.91 Å². The Morgan fingerprint density at radius 3 is 2.60 bits per heavy atom. The first-order valence-electron chi connectivity index (χ1n) is 5.39. The second-order valence-corrected chi connectivity index (χ2v) is 3.89. The molecule has 1 fully saturated rings. The van der Waals surface area contributed by atoms with Gasteiger partial charge in [-0.3, -0.25) is 4.79 Å². The van der Waals surface area contributed by atoms with E-state index in [-0.39, 0.29) is 5.91 Å². The van der Waals surface area contributed by atoms with Crippen LogP contribution in [-0.4, -0.2) is 19.0 Å².